The number of aromatic nitrogens is 2. The summed E-state index contributed by atoms with van der Waals surface area (Å²) >= 11 is 0. The number of nitrogens with two attached hydrogens (primary N) is 1. The van der Waals surface area contributed by atoms with Gasteiger partial charge in [0, 0.05) is 18.8 Å². The number of hydrogen-bond donors (Lipinski definition) is 3. The number of nitrogens with one attached hydrogen (secondary N) is 2. The van der Waals surface area contributed by atoms with Gasteiger partial charge in [-0.2, -0.15) is 13.2 Å². The molecular formula is C12H14F5N5. The van der Waals surface area contributed by atoms with Crippen molar-refractivity contribution >= 4 is 11.7 Å². The molecule has 1 aliphatic carbocycles. The van der Waals surface area contributed by atoms with E-state index in [2.05, 4.69) is 4.98 Å². The summed E-state index contributed by atoms with van der Waals surface area (Å²) in [7, 11) is 0. The normalized spacial score (nSPS) is 25.0. The number of anilines is 1. The van der Waals surface area contributed by atoms with Gasteiger partial charge < -0.3 is 5.73 Å². The van der Waals surface area contributed by atoms with Gasteiger partial charge in [-0.15, -0.1) is 0 Å². The molecule has 5 nitrogen and oxygen atoms in total. The van der Waals surface area contributed by atoms with Crippen molar-refractivity contribution in [2.75, 3.05) is 5.73 Å². The maximum atomic E-state index is 14.0. The molecule has 4 N–H and O–H groups in total. The van der Waals surface area contributed by atoms with Crippen LogP contribution in [0.25, 0.3) is 0 Å². The van der Waals surface area contributed by atoms with E-state index in [0.717, 1.165) is 17.0 Å². The molecule has 1 saturated carbocycles. The molecular weight excluding hydrogens is 309 g/mol. The summed E-state index contributed by atoms with van der Waals surface area (Å²) in [5.41, 5.74) is 4.87. The van der Waals surface area contributed by atoms with Crippen LogP contribution < -0.4 is 11.2 Å². The van der Waals surface area contributed by atoms with E-state index < -0.39 is 54.5 Å². The van der Waals surface area contributed by atoms with Crippen LogP contribution in [-0.4, -0.2) is 27.5 Å². The summed E-state index contributed by atoms with van der Waals surface area (Å²) in [6.45, 7) is 0. The van der Waals surface area contributed by atoms with Crippen LogP contribution in [0.2, 0.25) is 0 Å². The molecule has 0 aliphatic heterocycles. The Morgan fingerprint density at radius 1 is 1.41 bits per heavy atom. The van der Waals surface area contributed by atoms with E-state index in [0.29, 0.717) is 0 Å². The lowest BCUT2D eigenvalue weighted by atomic mass is 9.77. The summed E-state index contributed by atoms with van der Waals surface area (Å²) in [5.74, 6) is -8.32. The molecule has 2 unspecified atom stereocenters. The molecule has 1 aliphatic rings. The third-order valence-electron chi connectivity index (χ3n) is 3.82. The van der Waals surface area contributed by atoms with Crippen molar-refractivity contribution in [2.24, 2.45) is 11.8 Å². The average Bonchev–Trinajstić information content (AvgIpc) is 2.39. The summed E-state index contributed by atoms with van der Waals surface area (Å²) in [6.07, 6.45) is -4.92. The van der Waals surface area contributed by atoms with Gasteiger partial charge in [0.05, 0.1) is 11.8 Å². The van der Waals surface area contributed by atoms with Crippen molar-refractivity contribution in [3.63, 3.8) is 0 Å². The van der Waals surface area contributed by atoms with Crippen LogP contribution in [0.1, 0.15) is 19.3 Å². The maximum absolute atomic E-state index is 14.0. The second-order valence-corrected chi connectivity index (χ2v) is 5.24. The molecule has 22 heavy (non-hydrogen) atoms. The van der Waals surface area contributed by atoms with Crippen molar-refractivity contribution < 1.29 is 22.0 Å². The monoisotopic (exact) mass is 323 g/mol. The van der Waals surface area contributed by atoms with Crippen molar-refractivity contribution in [1.29, 1.82) is 10.8 Å². The Bertz CT molecular complexity index is 636. The van der Waals surface area contributed by atoms with Crippen LogP contribution in [0.4, 0.5) is 27.8 Å². The zero-order chi connectivity index (χ0) is 16.7. The predicted octanol–water partition coefficient (Wildman–Crippen LogP) is 2.38. The minimum atomic E-state index is -4.58. The van der Waals surface area contributed by atoms with Crippen LogP contribution in [0.3, 0.4) is 0 Å². The van der Waals surface area contributed by atoms with E-state index >= 15 is 0 Å². The fourth-order valence-corrected chi connectivity index (χ4v) is 2.53. The lowest BCUT2D eigenvalue weighted by Crippen LogP contribution is -2.47. The summed E-state index contributed by atoms with van der Waals surface area (Å²) in [4.78, 5) is 3.56. The quantitative estimate of drug-likeness (QED) is 0.421. The van der Waals surface area contributed by atoms with Gasteiger partial charge in [0.25, 0.3) is 5.92 Å². The number of halogens is 5. The second-order valence-electron chi connectivity index (χ2n) is 5.24. The summed E-state index contributed by atoms with van der Waals surface area (Å²) in [5, 5.41) is 15.4. The van der Waals surface area contributed by atoms with Gasteiger partial charge in [0.2, 0.25) is 0 Å². The van der Waals surface area contributed by atoms with Gasteiger partial charge in [-0.05, 0) is 12.8 Å². The standard InChI is InChI=1S/C12H14F5N5/c13-11(14)2-1-6(12(15,16)17)5-7(11)9(19)22-4-3-21-8(18)10(22)20/h3-4,6-7,19-20H,1-2,5H2,(H2,18,21). The highest BCUT2D eigenvalue weighted by molar-refractivity contribution is 5.85. The molecule has 1 fully saturated rings. The molecule has 0 spiro atoms. The van der Waals surface area contributed by atoms with Gasteiger partial charge in [0.1, 0.15) is 5.84 Å². The SMILES string of the molecule is N=C(C1CC(C(F)(F)F)CCC1(F)F)n1ccnc(N)c1=N. The molecule has 0 radical (unpaired) electrons. The van der Waals surface area contributed by atoms with E-state index in [1.165, 1.54) is 0 Å². The van der Waals surface area contributed by atoms with Gasteiger partial charge in [0.15, 0.2) is 11.3 Å². The topological polar surface area (TPSA) is 91.5 Å². The second kappa shape index (κ2) is 5.33. The maximum Gasteiger partial charge on any atom is 0.391 e. The van der Waals surface area contributed by atoms with Gasteiger partial charge in [-0.1, -0.05) is 0 Å². The Morgan fingerprint density at radius 3 is 2.64 bits per heavy atom. The predicted molar refractivity (Wildman–Crippen MR) is 67.5 cm³/mol. The molecule has 0 bridgehead atoms. The first kappa shape index (κ1) is 16.4. The Labute approximate surface area is 122 Å². The van der Waals surface area contributed by atoms with Crippen LogP contribution >= 0.6 is 0 Å². The van der Waals surface area contributed by atoms with E-state index in [9.17, 15) is 22.0 Å². The minimum absolute atomic E-state index is 0.293. The largest absolute Gasteiger partial charge is 0.391 e. The van der Waals surface area contributed by atoms with E-state index in [4.69, 9.17) is 16.6 Å². The fourth-order valence-electron chi connectivity index (χ4n) is 2.53. The summed E-state index contributed by atoms with van der Waals surface area (Å²) < 4.78 is 67.0. The first-order valence-corrected chi connectivity index (χ1v) is 6.45. The number of alkyl halides is 5. The van der Waals surface area contributed by atoms with Crippen molar-refractivity contribution in [3.05, 3.63) is 17.9 Å². The van der Waals surface area contributed by atoms with E-state index in [1.54, 1.807) is 0 Å². The molecule has 2 rings (SSSR count). The smallest absolute Gasteiger partial charge is 0.381 e. The Hall–Kier alpha value is -2.00. The molecule has 1 heterocycles. The number of nitrogens with zero attached hydrogens (tertiary/aromatic N) is 2. The molecule has 10 heteroatoms. The Morgan fingerprint density at radius 2 is 2.05 bits per heavy atom. The highest BCUT2D eigenvalue weighted by Gasteiger charge is 2.53. The first-order valence-electron chi connectivity index (χ1n) is 6.45. The van der Waals surface area contributed by atoms with Crippen LogP contribution in [0, 0.1) is 22.7 Å². The number of hydrogen-bond acceptors (Lipinski definition) is 4. The van der Waals surface area contributed by atoms with Crippen molar-refractivity contribution in [2.45, 2.75) is 31.4 Å². The summed E-state index contributed by atoms with van der Waals surface area (Å²) in [6, 6.07) is 0. The fraction of sp³-hybridized carbons (Fsp3) is 0.583. The van der Waals surface area contributed by atoms with E-state index in [-0.39, 0.29) is 5.82 Å². The average molecular weight is 323 g/mol. The third kappa shape index (κ3) is 2.95. The van der Waals surface area contributed by atoms with Gasteiger partial charge in [-0.3, -0.25) is 15.4 Å². The van der Waals surface area contributed by atoms with Crippen LogP contribution in [0.5, 0.6) is 0 Å². The lowest BCUT2D eigenvalue weighted by Gasteiger charge is -2.37. The van der Waals surface area contributed by atoms with Crippen molar-refractivity contribution in [3.8, 4) is 0 Å². The highest BCUT2D eigenvalue weighted by atomic mass is 19.4. The molecule has 0 amide bonds. The molecule has 1 aromatic rings. The zero-order valence-electron chi connectivity index (χ0n) is 11.3. The zero-order valence-corrected chi connectivity index (χ0v) is 11.3. The first-order chi connectivity index (χ1) is 10.0. The van der Waals surface area contributed by atoms with Crippen molar-refractivity contribution in [1.82, 2.24) is 9.55 Å². The number of rotatable bonds is 1. The minimum Gasteiger partial charge on any atom is -0.381 e. The van der Waals surface area contributed by atoms with Gasteiger partial charge in [-0.25, -0.2) is 13.8 Å². The lowest BCUT2D eigenvalue weighted by molar-refractivity contribution is -0.202. The Balaban J connectivity index is 2.37. The molecule has 0 saturated heterocycles. The Kier molecular flexibility index (Phi) is 3.96. The van der Waals surface area contributed by atoms with Crippen LogP contribution in [-0.2, 0) is 0 Å². The number of nitrogen functional groups attached to an aromatic ring is 1. The molecule has 2 atom stereocenters. The van der Waals surface area contributed by atoms with E-state index in [1.807, 2.05) is 0 Å². The third-order valence-corrected chi connectivity index (χ3v) is 3.82. The molecule has 1 aromatic heterocycles. The molecule has 122 valence electrons. The van der Waals surface area contributed by atoms with Crippen LogP contribution in [0.15, 0.2) is 12.4 Å². The van der Waals surface area contributed by atoms with Gasteiger partial charge >= 0.3 is 6.18 Å². The highest BCUT2D eigenvalue weighted by Crippen LogP contribution is 2.47. The molecule has 0 aromatic carbocycles.